The Hall–Kier alpha value is -1.94. The average Bonchev–Trinajstić information content (AvgIpc) is 3.13. The van der Waals surface area contributed by atoms with Crippen molar-refractivity contribution in [1.82, 2.24) is 0 Å². The molecule has 0 aromatic heterocycles. The molecule has 0 aliphatic carbocycles. The van der Waals surface area contributed by atoms with Crippen LogP contribution in [-0.4, -0.2) is 96.7 Å². The fourth-order valence-corrected chi connectivity index (χ4v) is 12.1. The minimum absolute atomic E-state index is 0.103. The molecule has 3 N–H and O–H groups in total. The average molecular weight is 1330 g/mol. The van der Waals surface area contributed by atoms with Gasteiger partial charge in [0.1, 0.15) is 19.3 Å². The van der Waals surface area contributed by atoms with E-state index in [2.05, 4.69) is 55.4 Å². The van der Waals surface area contributed by atoms with Crippen molar-refractivity contribution in [3.05, 3.63) is 0 Å². The third-order valence-corrected chi connectivity index (χ3v) is 19.3. The van der Waals surface area contributed by atoms with Crippen LogP contribution in [0.2, 0.25) is 0 Å². The lowest BCUT2D eigenvalue weighted by atomic mass is 9.99. The van der Waals surface area contributed by atoms with Crippen molar-refractivity contribution in [2.75, 3.05) is 39.6 Å². The Labute approximate surface area is 549 Å². The van der Waals surface area contributed by atoms with Crippen LogP contribution in [0.25, 0.3) is 0 Å². The summed E-state index contributed by atoms with van der Waals surface area (Å²) >= 11 is 0. The van der Waals surface area contributed by atoms with Gasteiger partial charge in [-0.1, -0.05) is 299 Å². The Morgan fingerprint density at radius 1 is 0.311 bits per heavy atom. The number of carbonyl (C=O) groups is 4. The van der Waals surface area contributed by atoms with E-state index in [-0.39, 0.29) is 25.7 Å². The van der Waals surface area contributed by atoms with Crippen LogP contribution in [-0.2, 0) is 65.4 Å². The summed E-state index contributed by atoms with van der Waals surface area (Å²) in [6.07, 6.45) is 43.1. The summed E-state index contributed by atoms with van der Waals surface area (Å²) in [7, 11) is -9.90. The van der Waals surface area contributed by atoms with Crippen molar-refractivity contribution in [2.24, 2.45) is 23.7 Å². The maximum atomic E-state index is 13.0. The van der Waals surface area contributed by atoms with Crippen LogP contribution in [0.1, 0.15) is 351 Å². The molecule has 0 saturated heterocycles. The first-order valence-corrected chi connectivity index (χ1v) is 39.8. The van der Waals surface area contributed by atoms with Crippen molar-refractivity contribution in [3.63, 3.8) is 0 Å². The molecular formula is C71H138O17P2. The lowest BCUT2D eigenvalue weighted by molar-refractivity contribution is -0.161. The van der Waals surface area contributed by atoms with Gasteiger partial charge in [0, 0.05) is 25.7 Å². The molecule has 0 rings (SSSR count). The number of ether oxygens (including phenoxy) is 4. The van der Waals surface area contributed by atoms with Gasteiger partial charge in [-0.25, -0.2) is 9.13 Å². The van der Waals surface area contributed by atoms with Crippen molar-refractivity contribution >= 4 is 39.5 Å². The summed E-state index contributed by atoms with van der Waals surface area (Å²) in [6.45, 7) is 14.1. The van der Waals surface area contributed by atoms with Gasteiger partial charge in [-0.05, 0) is 49.4 Å². The summed E-state index contributed by atoms with van der Waals surface area (Å²) in [5.41, 5.74) is 0. The van der Waals surface area contributed by atoms with Crippen molar-refractivity contribution < 1.29 is 80.2 Å². The van der Waals surface area contributed by atoms with Gasteiger partial charge in [-0.2, -0.15) is 0 Å². The Morgan fingerprint density at radius 2 is 0.533 bits per heavy atom. The molecule has 19 heteroatoms. The van der Waals surface area contributed by atoms with E-state index in [0.717, 1.165) is 120 Å². The highest BCUT2D eigenvalue weighted by Crippen LogP contribution is 2.45. The van der Waals surface area contributed by atoms with E-state index in [0.29, 0.717) is 25.7 Å². The molecule has 534 valence electrons. The van der Waals surface area contributed by atoms with Gasteiger partial charge in [-0.15, -0.1) is 0 Å². The van der Waals surface area contributed by atoms with Crippen LogP contribution in [0.4, 0.5) is 0 Å². The highest BCUT2D eigenvalue weighted by Gasteiger charge is 2.30. The monoisotopic (exact) mass is 1320 g/mol. The lowest BCUT2D eigenvalue weighted by Gasteiger charge is -2.21. The number of esters is 4. The van der Waals surface area contributed by atoms with Crippen LogP contribution in [0.15, 0.2) is 0 Å². The second kappa shape index (κ2) is 60.7. The maximum Gasteiger partial charge on any atom is 0.472 e. The third-order valence-electron chi connectivity index (χ3n) is 17.4. The van der Waals surface area contributed by atoms with E-state index < -0.39 is 97.5 Å². The molecule has 5 unspecified atom stereocenters. The van der Waals surface area contributed by atoms with Crippen LogP contribution >= 0.6 is 15.6 Å². The van der Waals surface area contributed by atoms with E-state index in [1.807, 2.05) is 0 Å². The zero-order valence-corrected chi connectivity index (χ0v) is 60.6. The van der Waals surface area contributed by atoms with Gasteiger partial charge in [0.05, 0.1) is 26.4 Å². The first-order valence-electron chi connectivity index (χ1n) is 36.8. The zero-order valence-electron chi connectivity index (χ0n) is 58.8. The number of hydrogen-bond donors (Lipinski definition) is 3. The summed E-state index contributed by atoms with van der Waals surface area (Å²) in [5.74, 6) is 0.905. The standard InChI is InChI=1S/C71H138O17P2/c1-9-62(6)48-40-32-24-20-16-14-12-13-15-17-21-25-35-43-51-68(73)81-57-67(88-71(76)54-46-38-30-28-34-42-50-64(8)11-3)60-86-90(79,80)84-56-65(72)55-83-89(77,78)85-59-66(58-82-69(74)52-44-36-29-27-33-41-49-63(7)10-2)87-70(75)53-45-37-26-22-18-19-23-31-39-47-61(4)5/h61-67,72H,9-60H2,1-8H3,(H,77,78)(H,79,80)/t62?,63?,64?,65-,66+,67+/m0/s1. The topological polar surface area (TPSA) is 237 Å². The molecule has 0 radical (unpaired) electrons. The van der Waals surface area contributed by atoms with Gasteiger partial charge >= 0.3 is 39.5 Å². The Bertz CT molecular complexity index is 1790. The minimum Gasteiger partial charge on any atom is -0.462 e. The SMILES string of the molecule is CCC(C)CCCCCCCCCCCCCCCCC(=O)OC[C@H](COP(=O)(O)OC[C@@H](O)COP(=O)(O)OC[C@@H](COC(=O)CCCCCCCCC(C)CC)OC(=O)CCCCCCCCCCCC(C)C)OC(=O)CCCCCCCCC(C)CC. The van der Waals surface area contributed by atoms with E-state index in [1.165, 1.54) is 148 Å². The highest BCUT2D eigenvalue weighted by molar-refractivity contribution is 7.47. The second-order valence-corrected chi connectivity index (χ2v) is 29.7. The third kappa shape index (κ3) is 61.0. The summed E-state index contributed by atoms with van der Waals surface area (Å²) < 4.78 is 68.3. The number of phosphoric ester groups is 2. The molecule has 0 spiro atoms. The lowest BCUT2D eigenvalue weighted by Crippen LogP contribution is -2.30. The largest absolute Gasteiger partial charge is 0.472 e. The number of rotatable bonds is 68. The van der Waals surface area contributed by atoms with Gasteiger partial charge in [0.15, 0.2) is 12.2 Å². The van der Waals surface area contributed by atoms with E-state index in [4.69, 9.17) is 37.0 Å². The minimum atomic E-state index is -4.95. The Balaban J connectivity index is 5.20. The normalized spacial score (nSPS) is 15.2. The van der Waals surface area contributed by atoms with Crippen molar-refractivity contribution in [2.45, 2.75) is 369 Å². The molecule has 90 heavy (non-hydrogen) atoms. The molecule has 0 amide bonds. The molecule has 0 aliphatic rings. The van der Waals surface area contributed by atoms with Crippen LogP contribution in [0.5, 0.6) is 0 Å². The predicted molar refractivity (Wildman–Crippen MR) is 363 cm³/mol. The van der Waals surface area contributed by atoms with Crippen LogP contribution in [0, 0.1) is 23.7 Å². The van der Waals surface area contributed by atoms with Crippen LogP contribution < -0.4 is 0 Å². The number of carbonyl (C=O) groups excluding carboxylic acids is 4. The second-order valence-electron chi connectivity index (χ2n) is 26.8. The Kier molecular flexibility index (Phi) is 59.4. The van der Waals surface area contributed by atoms with Crippen molar-refractivity contribution in [1.29, 1.82) is 0 Å². The summed E-state index contributed by atoms with van der Waals surface area (Å²) in [6, 6.07) is 0. The number of hydrogen-bond acceptors (Lipinski definition) is 15. The fourth-order valence-electron chi connectivity index (χ4n) is 10.6. The first kappa shape index (κ1) is 88.1. The quantitative estimate of drug-likeness (QED) is 0.0222. The van der Waals surface area contributed by atoms with Crippen molar-refractivity contribution in [3.8, 4) is 0 Å². The van der Waals surface area contributed by atoms with Gasteiger partial charge in [-0.3, -0.25) is 37.3 Å². The maximum absolute atomic E-state index is 13.0. The Morgan fingerprint density at radius 3 is 0.789 bits per heavy atom. The number of aliphatic hydroxyl groups is 1. The molecule has 0 aromatic carbocycles. The molecule has 17 nitrogen and oxygen atoms in total. The molecule has 0 saturated carbocycles. The van der Waals surface area contributed by atoms with E-state index >= 15 is 0 Å². The van der Waals surface area contributed by atoms with E-state index in [1.54, 1.807) is 0 Å². The fraction of sp³-hybridized carbons (Fsp3) is 0.944. The summed E-state index contributed by atoms with van der Waals surface area (Å²) in [4.78, 5) is 72.5. The number of unbranched alkanes of at least 4 members (excludes halogenated alkanes) is 31. The van der Waals surface area contributed by atoms with Gasteiger partial charge < -0.3 is 33.8 Å². The molecule has 0 fully saturated rings. The molecule has 8 atom stereocenters. The molecular weight excluding hydrogens is 1190 g/mol. The van der Waals surface area contributed by atoms with Gasteiger partial charge in [0.2, 0.25) is 0 Å². The molecule has 0 aliphatic heterocycles. The molecule has 0 heterocycles. The highest BCUT2D eigenvalue weighted by atomic mass is 31.2. The molecule has 0 aromatic rings. The smallest absolute Gasteiger partial charge is 0.462 e. The van der Waals surface area contributed by atoms with E-state index in [9.17, 15) is 43.2 Å². The molecule has 0 bridgehead atoms. The predicted octanol–water partition coefficient (Wildman–Crippen LogP) is 20.1. The first-order chi connectivity index (χ1) is 43.2. The van der Waals surface area contributed by atoms with Crippen LogP contribution in [0.3, 0.4) is 0 Å². The number of phosphoric acid groups is 2. The number of aliphatic hydroxyl groups excluding tert-OH is 1. The van der Waals surface area contributed by atoms with Gasteiger partial charge in [0.25, 0.3) is 0 Å². The summed E-state index contributed by atoms with van der Waals surface area (Å²) in [5, 5.41) is 10.6. The zero-order chi connectivity index (χ0) is 66.8.